The van der Waals surface area contributed by atoms with Gasteiger partial charge in [-0.3, -0.25) is 4.90 Å². The Balaban J connectivity index is 2.05. The molecule has 1 aliphatic rings. The van der Waals surface area contributed by atoms with Gasteiger partial charge in [0.2, 0.25) is 0 Å². The van der Waals surface area contributed by atoms with Gasteiger partial charge in [-0.15, -0.1) is 0 Å². The number of nitrogens with two attached hydrogens (primary N) is 1. The van der Waals surface area contributed by atoms with Crippen LogP contribution in [0.15, 0.2) is 18.2 Å². The van der Waals surface area contributed by atoms with E-state index in [0.29, 0.717) is 6.54 Å². The molecule has 0 spiro atoms. The van der Waals surface area contributed by atoms with E-state index in [1.54, 1.807) is 14.2 Å². The van der Waals surface area contributed by atoms with Crippen molar-refractivity contribution in [2.75, 3.05) is 40.5 Å². The highest BCUT2D eigenvalue weighted by Crippen LogP contribution is 2.26. The summed E-state index contributed by atoms with van der Waals surface area (Å²) in [5.74, 6) is 1.66. The Hall–Kier alpha value is -1.30. The van der Waals surface area contributed by atoms with Gasteiger partial charge in [-0.25, -0.2) is 0 Å². The second-order valence-corrected chi connectivity index (χ2v) is 4.64. The molecule has 1 aliphatic heterocycles. The van der Waals surface area contributed by atoms with Gasteiger partial charge in [0.15, 0.2) is 0 Å². The monoisotopic (exact) mass is 266 g/mol. The molecular formula is C14H22N2O3. The zero-order valence-corrected chi connectivity index (χ0v) is 11.6. The molecule has 106 valence electrons. The maximum Gasteiger partial charge on any atom is 0.127 e. The lowest BCUT2D eigenvalue weighted by molar-refractivity contribution is -0.0262. The number of benzene rings is 1. The molecule has 1 fully saturated rings. The van der Waals surface area contributed by atoms with Crippen molar-refractivity contribution in [2.45, 2.75) is 12.6 Å². The van der Waals surface area contributed by atoms with E-state index in [1.807, 2.05) is 18.2 Å². The van der Waals surface area contributed by atoms with Crippen molar-refractivity contribution in [1.82, 2.24) is 4.90 Å². The van der Waals surface area contributed by atoms with Crippen LogP contribution in [0.5, 0.6) is 11.5 Å². The van der Waals surface area contributed by atoms with Gasteiger partial charge < -0.3 is 19.9 Å². The molecule has 0 bridgehead atoms. The van der Waals surface area contributed by atoms with Crippen LogP contribution >= 0.6 is 0 Å². The van der Waals surface area contributed by atoms with Crippen molar-refractivity contribution < 1.29 is 14.2 Å². The van der Waals surface area contributed by atoms with E-state index in [4.69, 9.17) is 19.9 Å². The smallest absolute Gasteiger partial charge is 0.127 e. The van der Waals surface area contributed by atoms with Gasteiger partial charge in [0, 0.05) is 37.8 Å². The third kappa shape index (κ3) is 3.59. The summed E-state index contributed by atoms with van der Waals surface area (Å²) in [6.45, 7) is 3.93. The summed E-state index contributed by atoms with van der Waals surface area (Å²) in [5.41, 5.74) is 6.81. The molecule has 0 amide bonds. The molecule has 0 aromatic heterocycles. The Kier molecular flexibility index (Phi) is 5.01. The summed E-state index contributed by atoms with van der Waals surface area (Å²) in [6, 6.07) is 5.92. The molecule has 0 saturated carbocycles. The number of rotatable bonds is 5. The molecular weight excluding hydrogens is 244 g/mol. The third-order valence-corrected chi connectivity index (χ3v) is 3.37. The Labute approximate surface area is 114 Å². The summed E-state index contributed by atoms with van der Waals surface area (Å²) in [4.78, 5) is 2.34. The molecule has 1 aromatic rings. The molecule has 19 heavy (non-hydrogen) atoms. The maximum atomic E-state index is 5.66. The van der Waals surface area contributed by atoms with Crippen LogP contribution in [-0.4, -0.2) is 51.5 Å². The molecule has 5 nitrogen and oxygen atoms in total. The van der Waals surface area contributed by atoms with E-state index < -0.39 is 0 Å². The largest absolute Gasteiger partial charge is 0.497 e. The Morgan fingerprint density at radius 1 is 1.37 bits per heavy atom. The van der Waals surface area contributed by atoms with Crippen LogP contribution in [0, 0.1) is 0 Å². The van der Waals surface area contributed by atoms with Crippen LogP contribution in [0.2, 0.25) is 0 Å². The van der Waals surface area contributed by atoms with Gasteiger partial charge in [0.05, 0.1) is 26.9 Å². The summed E-state index contributed by atoms with van der Waals surface area (Å²) in [6.07, 6.45) is 0.137. The predicted octanol–water partition coefficient (Wildman–Crippen LogP) is 0.863. The highest BCUT2D eigenvalue weighted by Gasteiger charge is 2.20. The van der Waals surface area contributed by atoms with Gasteiger partial charge in [0.25, 0.3) is 0 Å². The second kappa shape index (κ2) is 6.75. The number of nitrogens with zero attached hydrogens (tertiary/aromatic N) is 1. The first-order valence-corrected chi connectivity index (χ1v) is 6.51. The lowest BCUT2D eigenvalue weighted by Gasteiger charge is -2.32. The predicted molar refractivity (Wildman–Crippen MR) is 73.6 cm³/mol. The molecule has 1 heterocycles. The number of hydrogen-bond donors (Lipinski definition) is 1. The molecule has 1 aromatic carbocycles. The Morgan fingerprint density at radius 2 is 2.21 bits per heavy atom. The van der Waals surface area contributed by atoms with Gasteiger partial charge in [-0.1, -0.05) is 6.07 Å². The van der Waals surface area contributed by atoms with Crippen molar-refractivity contribution >= 4 is 0 Å². The minimum absolute atomic E-state index is 0.137. The average Bonchev–Trinajstić information content (AvgIpc) is 2.48. The highest BCUT2D eigenvalue weighted by atomic mass is 16.5. The van der Waals surface area contributed by atoms with Crippen molar-refractivity contribution in [1.29, 1.82) is 0 Å². The summed E-state index contributed by atoms with van der Waals surface area (Å²) in [5, 5.41) is 0. The zero-order chi connectivity index (χ0) is 13.7. The lowest BCUT2D eigenvalue weighted by Crippen LogP contribution is -2.45. The minimum Gasteiger partial charge on any atom is -0.497 e. The van der Waals surface area contributed by atoms with Crippen LogP contribution < -0.4 is 15.2 Å². The van der Waals surface area contributed by atoms with Crippen molar-refractivity contribution in [2.24, 2.45) is 5.73 Å². The van der Waals surface area contributed by atoms with Crippen LogP contribution in [-0.2, 0) is 11.3 Å². The fraction of sp³-hybridized carbons (Fsp3) is 0.571. The van der Waals surface area contributed by atoms with E-state index in [1.165, 1.54) is 0 Å². The van der Waals surface area contributed by atoms with E-state index in [0.717, 1.165) is 43.3 Å². The molecule has 0 aliphatic carbocycles. The standard InChI is InChI=1S/C14H22N2O3/c1-17-12-4-3-11(14(7-12)18-2)9-16-5-6-19-13(8-15)10-16/h3-4,7,13H,5-6,8-10,15H2,1-2H3. The normalized spacial score (nSPS) is 20.3. The van der Waals surface area contributed by atoms with E-state index in [-0.39, 0.29) is 6.10 Å². The minimum atomic E-state index is 0.137. The highest BCUT2D eigenvalue weighted by molar-refractivity contribution is 5.40. The SMILES string of the molecule is COc1ccc(CN2CCOC(CN)C2)c(OC)c1. The van der Waals surface area contributed by atoms with Crippen LogP contribution in [0.3, 0.4) is 0 Å². The first-order valence-electron chi connectivity index (χ1n) is 6.51. The average molecular weight is 266 g/mol. The molecule has 0 radical (unpaired) electrons. The summed E-state index contributed by atoms with van der Waals surface area (Å²) in [7, 11) is 3.34. The molecule has 2 N–H and O–H groups in total. The first kappa shape index (κ1) is 14.1. The van der Waals surface area contributed by atoms with E-state index >= 15 is 0 Å². The number of methoxy groups -OCH3 is 2. The van der Waals surface area contributed by atoms with Crippen LogP contribution in [0.1, 0.15) is 5.56 Å². The Morgan fingerprint density at radius 3 is 2.89 bits per heavy atom. The quantitative estimate of drug-likeness (QED) is 0.857. The van der Waals surface area contributed by atoms with Gasteiger partial charge in [0.1, 0.15) is 11.5 Å². The molecule has 1 atom stereocenters. The molecule has 1 saturated heterocycles. The van der Waals surface area contributed by atoms with Crippen LogP contribution in [0.4, 0.5) is 0 Å². The van der Waals surface area contributed by atoms with Gasteiger partial charge in [-0.2, -0.15) is 0 Å². The second-order valence-electron chi connectivity index (χ2n) is 4.64. The number of ether oxygens (including phenoxy) is 3. The molecule has 5 heteroatoms. The summed E-state index contributed by atoms with van der Waals surface area (Å²) < 4.78 is 16.2. The van der Waals surface area contributed by atoms with Gasteiger partial charge in [-0.05, 0) is 6.07 Å². The zero-order valence-electron chi connectivity index (χ0n) is 11.6. The number of morpholine rings is 1. The van der Waals surface area contributed by atoms with Crippen molar-refractivity contribution in [3.8, 4) is 11.5 Å². The first-order chi connectivity index (χ1) is 9.26. The van der Waals surface area contributed by atoms with E-state index in [2.05, 4.69) is 4.90 Å². The molecule has 1 unspecified atom stereocenters. The molecule has 2 rings (SSSR count). The topological polar surface area (TPSA) is 57.0 Å². The van der Waals surface area contributed by atoms with Crippen molar-refractivity contribution in [3.05, 3.63) is 23.8 Å². The van der Waals surface area contributed by atoms with Crippen molar-refractivity contribution in [3.63, 3.8) is 0 Å². The Bertz CT molecular complexity index is 412. The third-order valence-electron chi connectivity index (χ3n) is 3.37. The summed E-state index contributed by atoms with van der Waals surface area (Å²) >= 11 is 0. The van der Waals surface area contributed by atoms with Crippen LogP contribution in [0.25, 0.3) is 0 Å². The number of hydrogen-bond acceptors (Lipinski definition) is 5. The van der Waals surface area contributed by atoms with E-state index in [9.17, 15) is 0 Å². The maximum absolute atomic E-state index is 5.66. The van der Waals surface area contributed by atoms with Gasteiger partial charge >= 0.3 is 0 Å². The lowest BCUT2D eigenvalue weighted by atomic mass is 10.1. The fourth-order valence-electron chi connectivity index (χ4n) is 2.29. The fourth-order valence-corrected chi connectivity index (χ4v) is 2.29.